The van der Waals surface area contributed by atoms with Gasteiger partial charge in [0.15, 0.2) is 16.7 Å². The average molecular weight is 447 g/mol. The van der Waals surface area contributed by atoms with Crippen LogP contribution in [0.2, 0.25) is 5.02 Å². The first-order valence-electron chi connectivity index (χ1n) is 9.86. The monoisotopic (exact) mass is 446 g/mol. The Bertz CT molecular complexity index is 1100. The van der Waals surface area contributed by atoms with Crippen LogP contribution in [0.1, 0.15) is 18.4 Å². The molecule has 0 saturated heterocycles. The van der Waals surface area contributed by atoms with Gasteiger partial charge in [0, 0.05) is 32.4 Å². The van der Waals surface area contributed by atoms with Crippen molar-refractivity contribution >= 4 is 34.3 Å². The fourth-order valence-electron chi connectivity index (χ4n) is 3.34. The number of thioether (sulfide) groups is 1. The molecular formula is C22H23ClN2O4S. The zero-order valence-electron chi connectivity index (χ0n) is 16.7. The SMILES string of the molecule is COCCCn1c(SCc2cc(Cl)c3c(c2)OCCCO3)nc2ccccc2c1=O. The molecule has 1 aromatic heterocycles. The maximum atomic E-state index is 13.0. The molecule has 4 rings (SSSR count). The van der Waals surface area contributed by atoms with Crippen LogP contribution >= 0.6 is 23.4 Å². The highest BCUT2D eigenvalue weighted by Gasteiger charge is 2.17. The number of hydrogen-bond donors (Lipinski definition) is 0. The summed E-state index contributed by atoms with van der Waals surface area (Å²) in [4.78, 5) is 17.8. The van der Waals surface area contributed by atoms with Gasteiger partial charge in [-0.05, 0) is 36.2 Å². The third-order valence-corrected chi connectivity index (χ3v) is 6.11. The summed E-state index contributed by atoms with van der Waals surface area (Å²) in [5.74, 6) is 1.87. The molecule has 1 aliphatic rings. The largest absolute Gasteiger partial charge is 0.489 e. The number of nitrogens with zero attached hydrogens (tertiary/aromatic N) is 2. The molecule has 6 nitrogen and oxygen atoms in total. The summed E-state index contributed by atoms with van der Waals surface area (Å²) in [6.45, 7) is 2.33. The van der Waals surface area contributed by atoms with Gasteiger partial charge in [-0.2, -0.15) is 0 Å². The minimum Gasteiger partial charge on any atom is -0.489 e. The van der Waals surface area contributed by atoms with Crippen molar-refractivity contribution in [2.24, 2.45) is 0 Å². The van der Waals surface area contributed by atoms with Crippen LogP contribution in [0.25, 0.3) is 10.9 Å². The predicted molar refractivity (Wildman–Crippen MR) is 119 cm³/mol. The Morgan fingerprint density at radius 1 is 1.23 bits per heavy atom. The highest BCUT2D eigenvalue weighted by molar-refractivity contribution is 7.98. The van der Waals surface area contributed by atoms with Crippen LogP contribution in [0.5, 0.6) is 11.5 Å². The Morgan fingerprint density at radius 3 is 2.93 bits per heavy atom. The molecule has 0 atom stereocenters. The number of hydrogen-bond acceptors (Lipinski definition) is 6. The number of halogens is 1. The molecule has 0 fully saturated rings. The van der Waals surface area contributed by atoms with Crippen LogP contribution in [-0.4, -0.2) is 36.5 Å². The molecule has 2 aromatic carbocycles. The predicted octanol–water partition coefficient (Wildman–Crippen LogP) is 4.54. The van der Waals surface area contributed by atoms with Crippen molar-refractivity contribution in [2.45, 2.75) is 30.3 Å². The zero-order valence-corrected chi connectivity index (χ0v) is 18.3. The Balaban J connectivity index is 1.63. The van der Waals surface area contributed by atoms with E-state index in [0.29, 0.717) is 64.7 Å². The minimum atomic E-state index is -0.0316. The lowest BCUT2D eigenvalue weighted by Gasteiger charge is -2.14. The van der Waals surface area contributed by atoms with E-state index in [0.717, 1.165) is 18.4 Å². The lowest BCUT2D eigenvalue weighted by Crippen LogP contribution is -2.24. The van der Waals surface area contributed by atoms with E-state index >= 15 is 0 Å². The molecule has 0 radical (unpaired) electrons. The molecule has 0 amide bonds. The Morgan fingerprint density at radius 2 is 2.07 bits per heavy atom. The second-order valence-electron chi connectivity index (χ2n) is 6.96. The molecule has 30 heavy (non-hydrogen) atoms. The van der Waals surface area contributed by atoms with E-state index in [2.05, 4.69) is 0 Å². The Labute approximate surface area is 184 Å². The summed E-state index contributed by atoms with van der Waals surface area (Å²) in [5, 5.41) is 1.84. The Kier molecular flexibility index (Phi) is 6.82. The number of methoxy groups -OCH3 is 1. The first kappa shape index (κ1) is 21.0. The quantitative estimate of drug-likeness (QED) is 0.301. The van der Waals surface area contributed by atoms with Crippen LogP contribution < -0.4 is 15.0 Å². The smallest absolute Gasteiger partial charge is 0.262 e. The van der Waals surface area contributed by atoms with Gasteiger partial charge in [0.25, 0.3) is 5.56 Å². The first-order chi connectivity index (χ1) is 14.7. The molecule has 3 aromatic rings. The van der Waals surface area contributed by atoms with Gasteiger partial charge in [-0.3, -0.25) is 9.36 Å². The van der Waals surface area contributed by atoms with Crippen LogP contribution in [0.4, 0.5) is 0 Å². The third kappa shape index (κ3) is 4.58. The molecule has 8 heteroatoms. The van der Waals surface area contributed by atoms with E-state index in [4.69, 9.17) is 30.8 Å². The van der Waals surface area contributed by atoms with Crippen molar-refractivity contribution in [3.05, 3.63) is 57.3 Å². The van der Waals surface area contributed by atoms with Crippen molar-refractivity contribution in [1.29, 1.82) is 0 Å². The molecule has 0 saturated carbocycles. The van der Waals surface area contributed by atoms with E-state index in [-0.39, 0.29) is 5.56 Å². The highest BCUT2D eigenvalue weighted by Crippen LogP contribution is 2.39. The second-order valence-corrected chi connectivity index (χ2v) is 8.31. The van der Waals surface area contributed by atoms with Crippen molar-refractivity contribution in [3.63, 3.8) is 0 Å². The number of aromatic nitrogens is 2. The van der Waals surface area contributed by atoms with Crippen molar-refractivity contribution in [2.75, 3.05) is 26.9 Å². The maximum Gasteiger partial charge on any atom is 0.262 e. The Hall–Kier alpha value is -2.22. The number of rotatable bonds is 7. The van der Waals surface area contributed by atoms with Gasteiger partial charge in [-0.15, -0.1) is 0 Å². The van der Waals surface area contributed by atoms with Gasteiger partial charge in [0.2, 0.25) is 0 Å². The van der Waals surface area contributed by atoms with Gasteiger partial charge in [0.05, 0.1) is 29.1 Å². The number of fused-ring (bicyclic) bond motifs is 2. The molecule has 0 unspecified atom stereocenters. The van der Waals surface area contributed by atoms with Gasteiger partial charge in [-0.25, -0.2) is 4.98 Å². The average Bonchev–Trinajstić information content (AvgIpc) is 3.00. The molecular weight excluding hydrogens is 424 g/mol. The standard InChI is InChI=1S/C22H23ClN2O4S/c1-27-9-4-8-25-21(26)16-6-2-3-7-18(16)24-22(25)30-14-15-12-17(23)20-19(13-15)28-10-5-11-29-20/h2-3,6-7,12-13H,4-5,8-11,14H2,1H3. The van der Waals surface area contributed by atoms with Gasteiger partial charge in [-0.1, -0.05) is 35.5 Å². The lowest BCUT2D eigenvalue weighted by atomic mass is 10.2. The maximum absolute atomic E-state index is 13.0. The summed E-state index contributed by atoms with van der Waals surface area (Å²) in [7, 11) is 1.66. The zero-order chi connectivity index (χ0) is 20.9. The van der Waals surface area contributed by atoms with Crippen LogP contribution in [0.15, 0.2) is 46.3 Å². The topological polar surface area (TPSA) is 62.6 Å². The van der Waals surface area contributed by atoms with Gasteiger partial charge in [0.1, 0.15) is 0 Å². The van der Waals surface area contributed by atoms with Crippen LogP contribution in [0, 0.1) is 0 Å². The molecule has 158 valence electrons. The van der Waals surface area contributed by atoms with E-state index in [1.807, 2.05) is 36.4 Å². The van der Waals surface area contributed by atoms with E-state index in [9.17, 15) is 4.79 Å². The minimum absolute atomic E-state index is 0.0316. The summed E-state index contributed by atoms with van der Waals surface area (Å²) >= 11 is 7.93. The number of para-hydroxylation sites is 1. The lowest BCUT2D eigenvalue weighted by molar-refractivity contribution is 0.189. The molecule has 0 N–H and O–H groups in total. The molecule has 0 spiro atoms. The summed E-state index contributed by atoms with van der Waals surface area (Å²) < 4.78 is 18.4. The van der Waals surface area contributed by atoms with E-state index in [1.54, 1.807) is 11.7 Å². The van der Waals surface area contributed by atoms with Crippen molar-refractivity contribution < 1.29 is 14.2 Å². The van der Waals surface area contributed by atoms with Crippen molar-refractivity contribution in [1.82, 2.24) is 9.55 Å². The summed E-state index contributed by atoms with van der Waals surface area (Å²) in [6, 6.07) is 11.3. The fourth-order valence-corrected chi connectivity index (χ4v) is 4.58. The van der Waals surface area contributed by atoms with E-state index < -0.39 is 0 Å². The van der Waals surface area contributed by atoms with Gasteiger partial charge < -0.3 is 14.2 Å². The normalized spacial score (nSPS) is 13.4. The van der Waals surface area contributed by atoms with Crippen LogP contribution in [0.3, 0.4) is 0 Å². The highest BCUT2D eigenvalue weighted by atomic mass is 35.5. The molecule has 2 heterocycles. The third-order valence-electron chi connectivity index (χ3n) is 4.79. The van der Waals surface area contributed by atoms with Crippen molar-refractivity contribution in [3.8, 4) is 11.5 Å². The van der Waals surface area contributed by atoms with E-state index in [1.165, 1.54) is 11.8 Å². The number of ether oxygens (including phenoxy) is 3. The van der Waals surface area contributed by atoms with Crippen LogP contribution in [-0.2, 0) is 17.0 Å². The molecule has 1 aliphatic heterocycles. The fraction of sp³-hybridized carbons (Fsp3) is 0.364. The second kappa shape index (κ2) is 9.73. The first-order valence-corrected chi connectivity index (χ1v) is 11.2. The molecule has 0 aliphatic carbocycles. The molecule has 0 bridgehead atoms. The number of benzene rings is 2. The summed E-state index contributed by atoms with van der Waals surface area (Å²) in [6.07, 6.45) is 1.56. The summed E-state index contributed by atoms with van der Waals surface area (Å²) in [5.41, 5.74) is 1.65. The van der Waals surface area contributed by atoms with Gasteiger partial charge >= 0.3 is 0 Å².